The van der Waals surface area contributed by atoms with Crippen molar-refractivity contribution in [3.05, 3.63) is 23.0 Å². The molecule has 0 spiro atoms. The van der Waals surface area contributed by atoms with Crippen LogP contribution in [0, 0.1) is 11.8 Å². The molecule has 0 radical (unpaired) electrons. The van der Waals surface area contributed by atoms with Crippen LogP contribution in [0.3, 0.4) is 0 Å². The molecule has 0 saturated heterocycles. The third kappa shape index (κ3) is 3.25. The van der Waals surface area contributed by atoms with Gasteiger partial charge in [0, 0.05) is 11.8 Å². The van der Waals surface area contributed by atoms with E-state index in [9.17, 15) is 5.11 Å². The number of aromatic nitrogens is 1. The van der Waals surface area contributed by atoms with Crippen LogP contribution in [0.15, 0.2) is 12.1 Å². The molecule has 0 atom stereocenters. The minimum atomic E-state index is 0.0615. The van der Waals surface area contributed by atoms with Crippen molar-refractivity contribution >= 4 is 27.5 Å². The Morgan fingerprint density at radius 2 is 2.31 bits per heavy atom. The minimum absolute atomic E-state index is 0.0615. The Bertz CT molecular complexity index is 356. The van der Waals surface area contributed by atoms with Crippen LogP contribution in [0.5, 0.6) is 5.75 Å². The topological polar surface area (TPSA) is 33.1 Å². The molecule has 68 valence electrons. The van der Waals surface area contributed by atoms with Crippen LogP contribution in [0.1, 0.15) is 12.1 Å². The quantitative estimate of drug-likeness (QED) is 0.478. The highest BCUT2D eigenvalue weighted by molar-refractivity contribution is 9.09. The van der Waals surface area contributed by atoms with Gasteiger partial charge in [0.2, 0.25) is 0 Å². The van der Waals surface area contributed by atoms with E-state index >= 15 is 0 Å². The summed E-state index contributed by atoms with van der Waals surface area (Å²) in [4.78, 5) is 3.87. The van der Waals surface area contributed by atoms with Gasteiger partial charge in [-0.2, -0.15) is 0 Å². The summed E-state index contributed by atoms with van der Waals surface area (Å²) in [5.74, 6) is 5.63. The van der Waals surface area contributed by atoms with Crippen molar-refractivity contribution in [2.75, 3.05) is 5.33 Å². The first kappa shape index (κ1) is 10.4. The molecule has 0 fully saturated rings. The molecule has 0 aromatic carbocycles. The van der Waals surface area contributed by atoms with Crippen LogP contribution >= 0.6 is 27.5 Å². The van der Waals surface area contributed by atoms with Crippen LogP contribution in [-0.2, 0) is 0 Å². The Balaban J connectivity index is 2.89. The second kappa shape index (κ2) is 5.11. The van der Waals surface area contributed by atoms with Gasteiger partial charge in [0.05, 0.1) is 0 Å². The van der Waals surface area contributed by atoms with Crippen LogP contribution in [0.2, 0.25) is 5.15 Å². The van der Waals surface area contributed by atoms with Crippen molar-refractivity contribution in [3.8, 4) is 17.6 Å². The van der Waals surface area contributed by atoms with E-state index in [2.05, 4.69) is 32.8 Å². The predicted molar refractivity (Wildman–Crippen MR) is 56.2 cm³/mol. The number of nitrogens with zero attached hydrogens (tertiary/aromatic N) is 1. The molecule has 0 aliphatic carbocycles. The first-order valence-corrected chi connectivity index (χ1v) is 5.14. The lowest BCUT2D eigenvalue weighted by Gasteiger charge is -1.95. The summed E-state index contributed by atoms with van der Waals surface area (Å²) in [6.07, 6.45) is 0.716. The van der Waals surface area contributed by atoms with Crippen LogP contribution in [0.25, 0.3) is 0 Å². The number of pyridine rings is 1. The van der Waals surface area contributed by atoms with Crippen molar-refractivity contribution in [1.29, 1.82) is 0 Å². The lowest BCUT2D eigenvalue weighted by Crippen LogP contribution is -1.83. The molecule has 1 aromatic heterocycles. The monoisotopic (exact) mass is 259 g/mol. The number of aromatic hydroxyl groups is 1. The largest absolute Gasteiger partial charge is 0.505 e. The number of alkyl halides is 1. The summed E-state index contributed by atoms with van der Waals surface area (Å²) in [5.41, 5.74) is 0.327. The summed E-state index contributed by atoms with van der Waals surface area (Å²) in [7, 11) is 0. The van der Waals surface area contributed by atoms with Gasteiger partial charge in [-0.05, 0) is 18.1 Å². The van der Waals surface area contributed by atoms with E-state index in [-0.39, 0.29) is 5.75 Å². The smallest absolute Gasteiger partial charge is 0.156 e. The Morgan fingerprint density at radius 3 is 3.00 bits per heavy atom. The third-order valence-corrected chi connectivity index (χ3v) is 1.87. The van der Waals surface area contributed by atoms with Gasteiger partial charge >= 0.3 is 0 Å². The summed E-state index contributed by atoms with van der Waals surface area (Å²) < 4.78 is 0. The maximum absolute atomic E-state index is 9.30. The van der Waals surface area contributed by atoms with Gasteiger partial charge in [-0.25, -0.2) is 4.98 Å². The van der Waals surface area contributed by atoms with E-state index in [1.54, 1.807) is 0 Å². The molecule has 4 heteroatoms. The zero-order valence-corrected chi connectivity index (χ0v) is 9.06. The van der Waals surface area contributed by atoms with Crippen molar-refractivity contribution in [2.45, 2.75) is 6.42 Å². The molecule has 13 heavy (non-hydrogen) atoms. The van der Waals surface area contributed by atoms with Gasteiger partial charge < -0.3 is 5.11 Å². The molecule has 0 saturated carbocycles. The molecule has 2 nitrogen and oxygen atoms in total. The van der Waals surface area contributed by atoms with Gasteiger partial charge in [-0.3, -0.25) is 0 Å². The molecule has 1 N–H and O–H groups in total. The molecular weight excluding hydrogens is 253 g/mol. The van der Waals surface area contributed by atoms with Gasteiger partial charge in [-0.1, -0.05) is 33.5 Å². The zero-order chi connectivity index (χ0) is 9.68. The fourth-order valence-corrected chi connectivity index (χ4v) is 1.06. The summed E-state index contributed by atoms with van der Waals surface area (Å²) >= 11 is 8.87. The summed E-state index contributed by atoms with van der Waals surface area (Å²) in [6.45, 7) is 0. The Kier molecular flexibility index (Phi) is 4.07. The second-order valence-electron chi connectivity index (χ2n) is 2.24. The number of hydrogen-bond donors (Lipinski definition) is 1. The molecular formula is C9H7BrClNO. The average Bonchev–Trinajstić information content (AvgIpc) is 2.11. The first-order chi connectivity index (χ1) is 6.24. The minimum Gasteiger partial charge on any atom is -0.505 e. The molecule has 1 heterocycles. The molecule has 0 bridgehead atoms. The maximum Gasteiger partial charge on any atom is 0.156 e. The van der Waals surface area contributed by atoms with E-state index < -0.39 is 0 Å². The lowest BCUT2D eigenvalue weighted by atomic mass is 10.3. The molecule has 0 unspecified atom stereocenters. The normalized spacial score (nSPS) is 9.08. The average molecular weight is 261 g/mol. The van der Waals surface area contributed by atoms with E-state index in [0.29, 0.717) is 17.3 Å². The van der Waals surface area contributed by atoms with Crippen molar-refractivity contribution in [1.82, 2.24) is 4.98 Å². The molecule has 0 aliphatic rings. The predicted octanol–water partition coefficient (Wildman–Crippen LogP) is 2.58. The van der Waals surface area contributed by atoms with E-state index in [1.807, 2.05) is 0 Å². The van der Waals surface area contributed by atoms with Gasteiger partial charge in [0.15, 0.2) is 5.69 Å². The molecule has 0 aliphatic heterocycles. The van der Waals surface area contributed by atoms with Gasteiger partial charge in [0.1, 0.15) is 10.9 Å². The zero-order valence-electron chi connectivity index (χ0n) is 6.72. The number of rotatable bonds is 1. The molecule has 0 amide bonds. The SMILES string of the molecule is Oc1ccc(Cl)nc1C#CCCBr. The van der Waals surface area contributed by atoms with Crippen molar-refractivity contribution < 1.29 is 5.11 Å². The molecule has 1 aromatic rings. The highest BCUT2D eigenvalue weighted by Crippen LogP contribution is 2.15. The van der Waals surface area contributed by atoms with E-state index in [4.69, 9.17) is 11.6 Å². The number of halogens is 2. The Hall–Kier alpha value is -0.720. The van der Waals surface area contributed by atoms with Crippen molar-refractivity contribution in [3.63, 3.8) is 0 Å². The fraction of sp³-hybridized carbons (Fsp3) is 0.222. The van der Waals surface area contributed by atoms with Gasteiger partial charge in [-0.15, -0.1) is 0 Å². The second-order valence-corrected chi connectivity index (χ2v) is 3.42. The van der Waals surface area contributed by atoms with Crippen LogP contribution in [-0.4, -0.2) is 15.4 Å². The highest BCUT2D eigenvalue weighted by atomic mass is 79.9. The number of hydrogen-bond acceptors (Lipinski definition) is 2. The van der Waals surface area contributed by atoms with Crippen LogP contribution < -0.4 is 0 Å². The lowest BCUT2D eigenvalue weighted by molar-refractivity contribution is 0.471. The Labute approximate surface area is 90.1 Å². The Morgan fingerprint density at radius 1 is 1.54 bits per heavy atom. The highest BCUT2D eigenvalue weighted by Gasteiger charge is 1.98. The third-order valence-electron chi connectivity index (χ3n) is 1.27. The van der Waals surface area contributed by atoms with E-state index in [0.717, 1.165) is 5.33 Å². The first-order valence-electron chi connectivity index (χ1n) is 3.64. The van der Waals surface area contributed by atoms with Crippen LogP contribution in [0.4, 0.5) is 0 Å². The molecule has 1 rings (SSSR count). The van der Waals surface area contributed by atoms with E-state index in [1.165, 1.54) is 12.1 Å². The van der Waals surface area contributed by atoms with Gasteiger partial charge in [0.25, 0.3) is 0 Å². The standard InChI is InChI=1S/C9H7BrClNO/c10-6-2-1-3-7-8(13)4-5-9(11)12-7/h4-5,13H,2,6H2. The fourth-order valence-electron chi connectivity index (χ4n) is 0.713. The summed E-state index contributed by atoms with van der Waals surface area (Å²) in [5, 5.41) is 10.4. The summed E-state index contributed by atoms with van der Waals surface area (Å²) in [6, 6.07) is 3.00. The van der Waals surface area contributed by atoms with Crippen molar-refractivity contribution in [2.24, 2.45) is 0 Å². The maximum atomic E-state index is 9.30.